The van der Waals surface area contributed by atoms with E-state index in [4.69, 9.17) is 0 Å². The lowest BCUT2D eigenvalue weighted by atomic mass is 9.86. The van der Waals surface area contributed by atoms with Crippen LogP contribution in [0.2, 0.25) is 0 Å². The van der Waals surface area contributed by atoms with Crippen LogP contribution in [-0.4, -0.2) is 15.5 Å². The van der Waals surface area contributed by atoms with Gasteiger partial charge in [0.25, 0.3) is 5.56 Å². The molecule has 2 aromatic carbocycles. The Balaban J connectivity index is 1.75. The van der Waals surface area contributed by atoms with Gasteiger partial charge in [-0.1, -0.05) is 42.1 Å². The van der Waals surface area contributed by atoms with Crippen LogP contribution in [-0.2, 0) is 17.6 Å². The van der Waals surface area contributed by atoms with Crippen molar-refractivity contribution in [2.24, 2.45) is 7.05 Å². The van der Waals surface area contributed by atoms with Crippen molar-refractivity contribution in [3.8, 4) is 0 Å². The van der Waals surface area contributed by atoms with Gasteiger partial charge in [0.15, 0.2) is 5.16 Å². The van der Waals surface area contributed by atoms with Crippen molar-refractivity contribution in [1.82, 2.24) is 9.55 Å². The van der Waals surface area contributed by atoms with Crippen molar-refractivity contribution in [3.63, 3.8) is 0 Å². The van der Waals surface area contributed by atoms with E-state index in [1.165, 1.54) is 11.8 Å². The van der Waals surface area contributed by atoms with E-state index < -0.39 is 23.1 Å². The normalized spacial score (nSPS) is 15.7. The number of nitrogens with one attached hydrogen (secondary N) is 1. The third-order valence-corrected chi connectivity index (χ3v) is 5.90. The van der Waals surface area contributed by atoms with E-state index >= 15 is 0 Å². The average molecular weight is 413 g/mol. The van der Waals surface area contributed by atoms with Crippen LogP contribution in [0.1, 0.15) is 29.0 Å². The molecule has 1 aliphatic heterocycles. The van der Waals surface area contributed by atoms with Crippen LogP contribution in [0.3, 0.4) is 0 Å². The monoisotopic (exact) mass is 413 g/mol. The van der Waals surface area contributed by atoms with E-state index in [9.17, 15) is 18.4 Å². The number of nitrogens with zero attached hydrogens (tertiary/aromatic N) is 2. The number of hydrogen-bond donors (Lipinski definition) is 1. The van der Waals surface area contributed by atoms with Crippen LogP contribution in [0.5, 0.6) is 0 Å². The van der Waals surface area contributed by atoms with Crippen molar-refractivity contribution < 1.29 is 13.6 Å². The number of anilines is 1. The predicted molar refractivity (Wildman–Crippen MR) is 107 cm³/mol. The third kappa shape index (κ3) is 3.93. The zero-order valence-electron chi connectivity index (χ0n) is 15.5. The molecule has 0 saturated heterocycles. The van der Waals surface area contributed by atoms with Gasteiger partial charge in [0.1, 0.15) is 17.5 Å². The summed E-state index contributed by atoms with van der Waals surface area (Å²) in [6, 6.07) is 12.8. The van der Waals surface area contributed by atoms with Gasteiger partial charge in [0.2, 0.25) is 5.91 Å². The fraction of sp³-hybridized carbons (Fsp3) is 0.190. The van der Waals surface area contributed by atoms with Crippen LogP contribution in [0.15, 0.2) is 58.5 Å². The van der Waals surface area contributed by atoms with Crippen molar-refractivity contribution >= 4 is 23.5 Å². The van der Waals surface area contributed by atoms with Gasteiger partial charge in [-0.2, -0.15) is 4.98 Å². The minimum absolute atomic E-state index is 0.0800. The minimum Gasteiger partial charge on any atom is -0.312 e. The number of halogens is 2. The summed E-state index contributed by atoms with van der Waals surface area (Å²) in [4.78, 5) is 29.3. The molecule has 1 aromatic heterocycles. The quantitative estimate of drug-likeness (QED) is 0.522. The van der Waals surface area contributed by atoms with Gasteiger partial charge < -0.3 is 9.88 Å². The Bertz CT molecular complexity index is 1130. The molecule has 3 aromatic rings. The number of thioether (sulfide) groups is 1. The first-order chi connectivity index (χ1) is 13.9. The molecule has 0 fully saturated rings. The first-order valence-electron chi connectivity index (χ1n) is 8.96. The number of carbonyl (C=O) groups is 1. The summed E-state index contributed by atoms with van der Waals surface area (Å²) in [5.74, 6) is -1.69. The van der Waals surface area contributed by atoms with Crippen LogP contribution < -0.4 is 10.9 Å². The molecule has 29 heavy (non-hydrogen) atoms. The average Bonchev–Trinajstić information content (AvgIpc) is 2.69. The van der Waals surface area contributed by atoms with E-state index in [1.54, 1.807) is 11.6 Å². The molecule has 0 bridgehead atoms. The Morgan fingerprint density at radius 1 is 1.14 bits per heavy atom. The number of hydrogen-bond acceptors (Lipinski definition) is 4. The lowest BCUT2D eigenvalue weighted by Crippen LogP contribution is -2.33. The van der Waals surface area contributed by atoms with Gasteiger partial charge in [0, 0.05) is 31.2 Å². The van der Waals surface area contributed by atoms with Gasteiger partial charge in [-0.15, -0.1) is 0 Å². The SMILES string of the molecule is Cn1c(SCc2ccccc2)nc(=O)c2c1NC(=O)C[C@@H]2c1cc(F)cc(F)c1. The molecule has 0 aliphatic carbocycles. The molecular weight excluding hydrogens is 396 g/mol. The Morgan fingerprint density at radius 2 is 1.83 bits per heavy atom. The lowest BCUT2D eigenvalue weighted by molar-refractivity contribution is -0.116. The number of amides is 1. The lowest BCUT2D eigenvalue weighted by Gasteiger charge is -2.27. The van der Waals surface area contributed by atoms with E-state index in [-0.39, 0.29) is 23.5 Å². The van der Waals surface area contributed by atoms with Crippen molar-refractivity contribution in [3.05, 3.63) is 87.2 Å². The summed E-state index contributed by atoms with van der Waals surface area (Å²) in [7, 11) is 1.70. The Labute approximate surface area is 169 Å². The first-order valence-corrected chi connectivity index (χ1v) is 9.94. The molecule has 1 aliphatic rings. The van der Waals surface area contributed by atoms with Gasteiger partial charge in [0.05, 0.1) is 5.56 Å². The summed E-state index contributed by atoms with van der Waals surface area (Å²) < 4.78 is 29.1. The van der Waals surface area contributed by atoms with E-state index in [1.807, 2.05) is 30.3 Å². The fourth-order valence-electron chi connectivity index (χ4n) is 3.45. The molecule has 1 amide bonds. The molecular formula is C21H17F2N3O2S. The molecule has 148 valence electrons. The Hall–Kier alpha value is -3.00. The summed E-state index contributed by atoms with van der Waals surface area (Å²) in [5.41, 5.74) is 1.04. The second-order valence-electron chi connectivity index (χ2n) is 6.80. The summed E-state index contributed by atoms with van der Waals surface area (Å²) in [6.07, 6.45) is -0.0800. The van der Waals surface area contributed by atoms with Crippen molar-refractivity contribution in [2.75, 3.05) is 5.32 Å². The Morgan fingerprint density at radius 3 is 2.52 bits per heavy atom. The fourth-order valence-corrected chi connectivity index (χ4v) is 4.37. The first kappa shape index (κ1) is 19.3. The van der Waals surface area contributed by atoms with E-state index in [0.717, 1.165) is 23.8 Å². The van der Waals surface area contributed by atoms with Crippen molar-refractivity contribution in [2.45, 2.75) is 23.2 Å². The molecule has 1 atom stereocenters. The molecule has 1 N–H and O–H groups in total. The number of aromatic nitrogens is 2. The van der Waals surface area contributed by atoms with Crippen LogP contribution in [0, 0.1) is 11.6 Å². The van der Waals surface area contributed by atoms with Crippen LogP contribution in [0.25, 0.3) is 0 Å². The molecule has 4 rings (SSSR count). The predicted octanol–water partition coefficient (Wildman–Crippen LogP) is 3.82. The minimum atomic E-state index is -0.761. The molecule has 8 heteroatoms. The molecule has 0 spiro atoms. The number of fused-ring (bicyclic) bond motifs is 1. The number of benzene rings is 2. The van der Waals surface area contributed by atoms with E-state index in [2.05, 4.69) is 10.3 Å². The second-order valence-corrected chi connectivity index (χ2v) is 7.75. The third-order valence-electron chi connectivity index (χ3n) is 4.80. The van der Waals surface area contributed by atoms with Gasteiger partial charge in [-0.25, -0.2) is 8.78 Å². The molecule has 5 nitrogen and oxygen atoms in total. The zero-order chi connectivity index (χ0) is 20.5. The standard InChI is InChI=1S/C21H17F2N3O2S/c1-26-19-18(20(28)25-21(26)29-11-12-5-3-2-4-6-12)16(10-17(27)24-19)13-7-14(22)9-15(23)8-13/h2-9,16H,10-11H2,1H3,(H,24,27)/t16-/m1/s1. The topological polar surface area (TPSA) is 64.0 Å². The van der Waals surface area contributed by atoms with Gasteiger partial charge >= 0.3 is 0 Å². The second kappa shape index (κ2) is 7.79. The maximum atomic E-state index is 13.7. The van der Waals surface area contributed by atoms with Crippen LogP contribution in [0.4, 0.5) is 14.6 Å². The highest BCUT2D eigenvalue weighted by molar-refractivity contribution is 7.98. The highest BCUT2D eigenvalue weighted by Gasteiger charge is 2.32. The molecule has 0 saturated carbocycles. The molecule has 2 heterocycles. The Kier molecular flexibility index (Phi) is 5.19. The van der Waals surface area contributed by atoms with Gasteiger partial charge in [-0.05, 0) is 23.3 Å². The summed E-state index contributed by atoms with van der Waals surface area (Å²) in [6.45, 7) is 0. The zero-order valence-corrected chi connectivity index (χ0v) is 16.3. The number of rotatable bonds is 4. The van der Waals surface area contributed by atoms with Crippen LogP contribution >= 0.6 is 11.8 Å². The van der Waals surface area contributed by atoms with E-state index in [0.29, 0.717) is 16.7 Å². The molecule has 0 radical (unpaired) electrons. The van der Waals surface area contributed by atoms with Crippen molar-refractivity contribution in [1.29, 1.82) is 0 Å². The maximum Gasteiger partial charge on any atom is 0.279 e. The smallest absolute Gasteiger partial charge is 0.279 e. The number of carbonyl (C=O) groups excluding carboxylic acids is 1. The highest BCUT2D eigenvalue weighted by atomic mass is 32.2. The van der Waals surface area contributed by atoms with Gasteiger partial charge in [-0.3, -0.25) is 9.59 Å². The maximum absolute atomic E-state index is 13.7. The summed E-state index contributed by atoms with van der Waals surface area (Å²) >= 11 is 1.37. The molecule has 0 unspecified atom stereocenters. The highest BCUT2D eigenvalue weighted by Crippen LogP contribution is 2.36. The summed E-state index contributed by atoms with van der Waals surface area (Å²) in [5, 5.41) is 3.17. The largest absolute Gasteiger partial charge is 0.312 e.